The molecule has 0 spiro atoms. The number of nitrogens with zero attached hydrogens (tertiary/aromatic N) is 2. The van der Waals surface area contributed by atoms with Crippen LogP contribution in [0.1, 0.15) is 45.1 Å². The van der Waals surface area contributed by atoms with Crippen LogP contribution >= 0.6 is 0 Å². The lowest BCUT2D eigenvalue weighted by atomic mass is 9.90. The summed E-state index contributed by atoms with van der Waals surface area (Å²) >= 11 is 0. The first kappa shape index (κ1) is 18.4. The van der Waals surface area contributed by atoms with Crippen LogP contribution in [-0.4, -0.2) is 47.4 Å². The number of hydrogen-bond donors (Lipinski definition) is 1. The molecular formula is C20H26N2O4. The standard InChI is InChI=1S/C20H26N2O4/c1-20(2,3)19(26)21-10-6-7-13(11-21)17(23)22-12-15(18(24)25)14-8-4-5-9-16(14)22/h4-5,8-9,13,15H,6-7,10-12H2,1-3H3,(H,24,25). The molecule has 140 valence electrons. The number of piperidine rings is 1. The van der Waals surface area contributed by atoms with Gasteiger partial charge in [0.25, 0.3) is 0 Å². The second kappa shape index (κ2) is 6.74. The molecule has 26 heavy (non-hydrogen) atoms. The molecule has 3 rings (SSSR count). The van der Waals surface area contributed by atoms with E-state index in [-0.39, 0.29) is 24.3 Å². The van der Waals surface area contributed by atoms with Gasteiger partial charge in [-0.3, -0.25) is 14.4 Å². The van der Waals surface area contributed by atoms with Gasteiger partial charge in [0.05, 0.1) is 5.92 Å². The fraction of sp³-hybridized carbons (Fsp3) is 0.550. The third kappa shape index (κ3) is 3.32. The molecule has 0 bridgehead atoms. The zero-order valence-electron chi connectivity index (χ0n) is 15.6. The molecule has 2 aliphatic rings. The van der Waals surface area contributed by atoms with Crippen LogP contribution in [0.5, 0.6) is 0 Å². The van der Waals surface area contributed by atoms with E-state index in [4.69, 9.17) is 0 Å². The van der Waals surface area contributed by atoms with Gasteiger partial charge in [-0.1, -0.05) is 39.0 Å². The molecule has 0 radical (unpaired) electrons. The summed E-state index contributed by atoms with van der Waals surface area (Å²) in [5, 5.41) is 9.48. The third-order valence-corrected chi connectivity index (χ3v) is 5.23. The van der Waals surface area contributed by atoms with Crippen molar-refractivity contribution in [2.24, 2.45) is 11.3 Å². The van der Waals surface area contributed by atoms with Crippen molar-refractivity contribution in [3.05, 3.63) is 29.8 Å². The number of carboxylic acids is 1. The molecule has 1 N–H and O–H groups in total. The van der Waals surface area contributed by atoms with Crippen LogP contribution in [-0.2, 0) is 14.4 Å². The van der Waals surface area contributed by atoms with Crippen LogP contribution in [0.4, 0.5) is 5.69 Å². The highest BCUT2D eigenvalue weighted by Crippen LogP contribution is 2.38. The maximum atomic E-state index is 13.1. The fourth-order valence-electron chi connectivity index (χ4n) is 3.88. The molecular weight excluding hydrogens is 332 g/mol. The van der Waals surface area contributed by atoms with Crippen molar-refractivity contribution < 1.29 is 19.5 Å². The average Bonchev–Trinajstić information content (AvgIpc) is 2.99. The summed E-state index contributed by atoms with van der Waals surface area (Å²) in [6.45, 7) is 6.90. The summed E-state index contributed by atoms with van der Waals surface area (Å²) in [6.07, 6.45) is 1.51. The molecule has 2 amide bonds. The normalized spacial score (nSPS) is 22.9. The highest BCUT2D eigenvalue weighted by Gasteiger charge is 2.40. The van der Waals surface area contributed by atoms with Crippen molar-refractivity contribution in [2.45, 2.75) is 39.5 Å². The molecule has 0 saturated carbocycles. The molecule has 2 unspecified atom stereocenters. The molecule has 6 heteroatoms. The average molecular weight is 358 g/mol. The topological polar surface area (TPSA) is 77.9 Å². The molecule has 1 aromatic rings. The van der Waals surface area contributed by atoms with Gasteiger partial charge in [-0.05, 0) is 24.5 Å². The van der Waals surface area contributed by atoms with E-state index in [2.05, 4.69) is 0 Å². The zero-order valence-corrected chi connectivity index (χ0v) is 15.6. The van der Waals surface area contributed by atoms with Crippen LogP contribution in [0.25, 0.3) is 0 Å². The van der Waals surface area contributed by atoms with E-state index in [1.54, 1.807) is 28.0 Å². The minimum absolute atomic E-state index is 0.0558. The Kier molecular flexibility index (Phi) is 4.78. The van der Waals surface area contributed by atoms with Crippen LogP contribution in [0.3, 0.4) is 0 Å². The molecule has 0 aromatic heterocycles. The second-order valence-corrected chi connectivity index (χ2v) is 8.24. The molecule has 1 fully saturated rings. The lowest BCUT2D eigenvalue weighted by molar-refractivity contribution is -0.142. The van der Waals surface area contributed by atoms with Gasteiger partial charge in [-0.15, -0.1) is 0 Å². The van der Waals surface area contributed by atoms with E-state index in [9.17, 15) is 19.5 Å². The van der Waals surface area contributed by atoms with Crippen molar-refractivity contribution in [2.75, 3.05) is 24.5 Å². The summed E-state index contributed by atoms with van der Waals surface area (Å²) in [5.74, 6) is -1.91. The Morgan fingerprint density at radius 3 is 2.46 bits per heavy atom. The van der Waals surface area contributed by atoms with E-state index >= 15 is 0 Å². The first-order chi connectivity index (χ1) is 12.2. The van der Waals surface area contributed by atoms with Gasteiger partial charge in [-0.2, -0.15) is 0 Å². The Balaban J connectivity index is 1.79. The number of amides is 2. The van der Waals surface area contributed by atoms with E-state index in [1.807, 2.05) is 26.8 Å². The first-order valence-electron chi connectivity index (χ1n) is 9.12. The van der Waals surface area contributed by atoms with Gasteiger partial charge in [-0.25, -0.2) is 0 Å². The number of rotatable bonds is 2. The number of carbonyl (C=O) groups is 3. The highest BCUT2D eigenvalue weighted by molar-refractivity contribution is 6.00. The van der Waals surface area contributed by atoms with Crippen molar-refractivity contribution in [1.82, 2.24) is 4.90 Å². The van der Waals surface area contributed by atoms with E-state index in [0.717, 1.165) is 12.8 Å². The lowest BCUT2D eigenvalue weighted by Crippen LogP contribution is -2.49. The number of fused-ring (bicyclic) bond motifs is 1. The fourth-order valence-corrected chi connectivity index (χ4v) is 3.88. The maximum Gasteiger partial charge on any atom is 0.312 e. The number of hydrogen-bond acceptors (Lipinski definition) is 3. The van der Waals surface area contributed by atoms with Crippen molar-refractivity contribution in [3.8, 4) is 0 Å². The summed E-state index contributed by atoms with van der Waals surface area (Å²) in [5.41, 5.74) is 0.899. The van der Waals surface area contributed by atoms with Gasteiger partial charge >= 0.3 is 5.97 Å². The van der Waals surface area contributed by atoms with E-state index < -0.39 is 17.3 Å². The van der Waals surface area contributed by atoms with Gasteiger partial charge in [0.15, 0.2) is 0 Å². The molecule has 1 saturated heterocycles. The number of benzene rings is 1. The Hall–Kier alpha value is -2.37. The SMILES string of the molecule is CC(C)(C)C(=O)N1CCCC(C(=O)N2CC(C(=O)O)c3ccccc32)C1. The second-order valence-electron chi connectivity index (χ2n) is 8.24. The molecule has 1 aromatic carbocycles. The predicted molar refractivity (Wildman–Crippen MR) is 97.9 cm³/mol. The highest BCUT2D eigenvalue weighted by atomic mass is 16.4. The smallest absolute Gasteiger partial charge is 0.312 e. The van der Waals surface area contributed by atoms with Crippen LogP contribution < -0.4 is 4.90 Å². The van der Waals surface area contributed by atoms with Gasteiger partial charge in [0.1, 0.15) is 5.92 Å². The lowest BCUT2D eigenvalue weighted by Gasteiger charge is -2.37. The van der Waals surface area contributed by atoms with Crippen LogP contribution in [0.15, 0.2) is 24.3 Å². The molecule has 0 aliphatic carbocycles. The summed E-state index contributed by atoms with van der Waals surface area (Å²) in [4.78, 5) is 40.7. The molecule has 2 aliphatic heterocycles. The van der Waals surface area contributed by atoms with Crippen molar-refractivity contribution in [3.63, 3.8) is 0 Å². The third-order valence-electron chi connectivity index (χ3n) is 5.23. The maximum absolute atomic E-state index is 13.1. The molecule has 2 heterocycles. The van der Waals surface area contributed by atoms with Crippen LogP contribution in [0, 0.1) is 11.3 Å². The van der Waals surface area contributed by atoms with Gasteiger partial charge in [0, 0.05) is 30.7 Å². The van der Waals surface area contributed by atoms with Gasteiger partial charge in [0.2, 0.25) is 11.8 Å². The minimum atomic E-state index is -0.916. The molecule has 2 atom stereocenters. The monoisotopic (exact) mass is 358 g/mol. The minimum Gasteiger partial charge on any atom is -0.481 e. The Labute approximate surface area is 153 Å². The number of anilines is 1. The van der Waals surface area contributed by atoms with Crippen LogP contribution in [0.2, 0.25) is 0 Å². The zero-order chi connectivity index (χ0) is 19.1. The predicted octanol–water partition coefficient (Wildman–Crippen LogP) is 2.49. The Morgan fingerprint density at radius 1 is 1.12 bits per heavy atom. The number of likely N-dealkylation sites (tertiary alicyclic amines) is 1. The number of aliphatic carboxylic acids is 1. The Bertz CT molecular complexity index is 738. The molecule has 6 nitrogen and oxygen atoms in total. The summed E-state index contributed by atoms with van der Waals surface area (Å²) in [7, 11) is 0. The van der Waals surface area contributed by atoms with Crippen molar-refractivity contribution >= 4 is 23.5 Å². The quantitative estimate of drug-likeness (QED) is 0.881. The van der Waals surface area contributed by atoms with Gasteiger partial charge < -0.3 is 14.9 Å². The largest absolute Gasteiger partial charge is 0.481 e. The van der Waals surface area contributed by atoms with E-state index in [0.29, 0.717) is 24.3 Å². The summed E-state index contributed by atoms with van der Waals surface area (Å²) < 4.78 is 0. The number of para-hydroxylation sites is 1. The Morgan fingerprint density at radius 2 is 1.81 bits per heavy atom. The number of carboxylic acid groups (broad SMARTS) is 1. The number of carbonyl (C=O) groups excluding carboxylic acids is 2. The first-order valence-corrected chi connectivity index (χ1v) is 9.12. The summed E-state index contributed by atoms with van der Waals surface area (Å²) in [6, 6.07) is 7.20. The van der Waals surface area contributed by atoms with Crippen molar-refractivity contribution in [1.29, 1.82) is 0 Å². The van der Waals surface area contributed by atoms with E-state index in [1.165, 1.54) is 0 Å².